The molecular formula is C20H26N2O. The van der Waals surface area contributed by atoms with Crippen LogP contribution < -0.4 is 10.1 Å². The standard InChI is InChI=1S/C20H26N2O/c1-16-5-6-17-3-2-4-18(19(17)23-16)15-22-13-9-20(10-14-22)7-11-21-12-8-20/h2-6,21H,1,7-15H2. The highest BCUT2D eigenvalue weighted by atomic mass is 16.5. The van der Waals surface area contributed by atoms with E-state index in [0.29, 0.717) is 5.41 Å². The number of rotatable bonds is 2. The van der Waals surface area contributed by atoms with Gasteiger partial charge in [-0.05, 0) is 69.4 Å². The van der Waals surface area contributed by atoms with E-state index in [-0.39, 0.29) is 0 Å². The predicted octanol–water partition coefficient (Wildman–Crippen LogP) is 3.57. The first kappa shape index (κ1) is 15.0. The quantitative estimate of drug-likeness (QED) is 0.904. The maximum absolute atomic E-state index is 5.90. The summed E-state index contributed by atoms with van der Waals surface area (Å²) in [7, 11) is 0. The molecule has 0 unspecified atom stereocenters. The monoisotopic (exact) mass is 310 g/mol. The molecule has 4 rings (SSSR count). The van der Waals surface area contributed by atoms with E-state index in [2.05, 4.69) is 41.1 Å². The number of hydrogen-bond acceptors (Lipinski definition) is 3. The van der Waals surface area contributed by atoms with Gasteiger partial charge in [0.1, 0.15) is 11.5 Å². The zero-order valence-corrected chi connectivity index (χ0v) is 13.8. The van der Waals surface area contributed by atoms with E-state index in [4.69, 9.17) is 4.74 Å². The third-order valence-corrected chi connectivity index (χ3v) is 5.78. The summed E-state index contributed by atoms with van der Waals surface area (Å²) in [6, 6.07) is 6.44. The number of hydrogen-bond donors (Lipinski definition) is 1. The van der Waals surface area contributed by atoms with Crippen molar-refractivity contribution in [3.63, 3.8) is 0 Å². The Balaban J connectivity index is 1.44. The molecule has 3 nitrogen and oxygen atoms in total. The molecule has 1 spiro atoms. The fourth-order valence-corrected chi connectivity index (χ4v) is 4.22. The van der Waals surface area contributed by atoms with Gasteiger partial charge in [0.05, 0.1) is 0 Å². The van der Waals surface area contributed by atoms with E-state index in [0.717, 1.165) is 18.1 Å². The van der Waals surface area contributed by atoms with E-state index in [9.17, 15) is 0 Å². The third-order valence-electron chi connectivity index (χ3n) is 5.78. The zero-order chi connectivity index (χ0) is 15.7. The van der Waals surface area contributed by atoms with Gasteiger partial charge in [0, 0.05) is 17.7 Å². The lowest BCUT2D eigenvalue weighted by Crippen LogP contribution is -2.45. The van der Waals surface area contributed by atoms with Crippen LogP contribution in [0.2, 0.25) is 0 Å². The van der Waals surface area contributed by atoms with Gasteiger partial charge in [0.15, 0.2) is 0 Å². The lowest BCUT2D eigenvalue weighted by atomic mass is 9.71. The average Bonchev–Trinajstić information content (AvgIpc) is 2.58. The molecule has 0 saturated carbocycles. The number of nitrogens with one attached hydrogen (secondary N) is 1. The number of piperidine rings is 2. The highest BCUT2D eigenvalue weighted by molar-refractivity contribution is 5.64. The second-order valence-electron chi connectivity index (χ2n) is 7.26. The molecule has 0 bridgehead atoms. The lowest BCUT2D eigenvalue weighted by Gasteiger charge is -2.44. The first-order valence-corrected chi connectivity index (χ1v) is 8.84. The molecule has 122 valence electrons. The Morgan fingerprint density at radius 2 is 1.87 bits per heavy atom. The Kier molecular flexibility index (Phi) is 4.00. The molecule has 0 atom stereocenters. The van der Waals surface area contributed by atoms with Gasteiger partial charge >= 0.3 is 0 Å². The van der Waals surface area contributed by atoms with Crippen LogP contribution in [0.1, 0.15) is 36.8 Å². The van der Waals surface area contributed by atoms with Crippen LogP contribution in [0.5, 0.6) is 5.75 Å². The lowest BCUT2D eigenvalue weighted by molar-refractivity contribution is 0.0697. The Morgan fingerprint density at radius 1 is 1.09 bits per heavy atom. The molecule has 1 aromatic rings. The molecule has 0 radical (unpaired) electrons. The highest BCUT2D eigenvalue weighted by Crippen LogP contribution is 2.40. The molecule has 0 amide bonds. The number of likely N-dealkylation sites (tertiary alicyclic amines) is 1. The molecular weight excluding hydrogens is 284 g/mol. The minimum atomic E-state index is 0.616. The number of benzene rings is 1. The van der Waals surface area contributed by atoms with Gasteiger partial charge in [-0.25, -0.2) is 0 Å². The summed E-state index contributed by atoms with van der Waals surface area (Å²) in [5, 5.41) is 3.50. The molecule has 2 saturated heterocycles. The van der Waals surface area contributed by atoms with Crippen LogP contribution in [-0.4, -0.2) is 31.1 Å². The van der Waals surface area contributed by atoms with Gasteiger partial charge in [-0.2, -0.15) is 0 Å². The van der Waals surface area contributed by atoms with Crippen molar-refractivity contribution < 1.29 is 4.74 Å². The largest absolute Gasteiger partial charge is 0.457 e. The highest BCUT2D eigenvalue weighted by Gasteiger charge is 2.35. The number of para-hydroxylation sites is 1. The van der Waals surface area contributed by atoms with Crippen LogP contribution in [0.15, 0.2) is 36.6 Å². The number of nitrogens with zero attached hydrogens (tertiary/aromatic N) is 1. The van der Waals surface area contributed by atoms with Crippen molar-refractivity contribution >= 4 is 6.08 Å². The van der Waals surface area contributed by atoms with Crippen molar-refractivity contribution in [2.75, 3.05) is 26.2 Å². The smallest absolute Gasteiger partial charge is 0.139 e. The minimum absolute atomic E-state index is 0.616. The SMILES string of the molecule is C=C1C=Cc2cccc(CN3CCC4(CCNCC4)CC3)c2O1. The summed E-state index contributed by atoms with van der Waals surface area (Å²) < 4.78 is 5.90. The topological polar surface area (TPSA) is 24.5 Å². The fourth-order valence-electron chi connectivity index (χ4n) is 4.22. The summed E-state index contributed by atoms with van der Waals surface area (Å²) in [5.41, 5.74) is 3.07. The van der Waals surface area contributed by atoms with E-state index < -0.39 is 0 Å². The van der Waals surface area contributed by atoms with Crippen molar-refractivity contribution in [2.24, 2.45) is 5.41 Å². The van der Waals surface area contributed by atoms with E-state index in [1.165, 1.54) is 63.0 Å². The summed E-state index contributed by atoms with van der Waals surface area (Å²) in [6.07, 6.45) is 9.44. The molecule has 3 heterocycles. The second kappa shape index (κ2) is 6.14. The number of ether oxygens (including phenoxy) is 1. The van der Waals surface area contributed by atoms with Crippen LogP contribution >= 0.6 is 0 Å². The molecule has 0 aliphatic carbocycles. The number of allylic oxidation sites excluding steroid dienone is 1. The maximum Gasteiger partial charge on any atom is 0.139 e. The van der Waals surface area contributed by atoms with Crippen LogP contribution in [0.4, 0.5) is 0 Å². The van der Waals surface area contributed by atoms with Gasteiger partial charge in [-0.15, -0.1) is 0 Å². The maximum atomic E-state index is 5.90. The van der Waals surface area contributed by atoms with Crippen molar-refractivity contribution in [3.8, 4) is 5.75 Å². The zero-order valence-electron chi connectivity index (χ0n) is 13.8. The first-order valence-electron chi connectivity index (χ1n) is 8.84. The van der Waals surface area contributed by atoms with E-state index in [1.54, 1.807) is 0 Å². The van der Waals surface area contributed by atoms with E-state index >= 15 is 0 Å². The molecule has 0 aromatic heterocycles. The molecule has 23 heavy (non-hydrogen) atoms. The molecule has 2 fully saturated rings. The molecule has 1 N–H and O–H groups in total. The van der Waals surface area contributed by atoms with E-state index in [1.807, 2.05) is 6.08 Å². The summed E-state index contributed by atoms with van der Waals surface area (Å²) in [6.45, 7) is 9.74. The Morgan fingerprint density at radius 3 is 2.65 bits per heavy atom. The van der Waals surface area contributed by atoms with Crippen LogP contribution in [-0.2, 0) is 6.54 Å². The molecule has 3 aliphatic rings. The number of fused-ring (bicyclic) bond motifs is 1. The Labute approximate surface area is 139 Å². The van der Waals surface area contributed by atoms with Gasteiger partial charge < -0.3 is 10.1 Å². The fraction of sp³-hybridized carbons (Fsp3) is 0.500. The van der Waals surface area contributed by atoms with Crippen molar-refractivity contribution in [3.05, 3.63) is 47.7 Å². The van der Waals surface area contributed by atoms with Crippen LogP contribution in [0, 0.1) is 5.41 Å². The second-order valence-corrected chi connectivity index (χ2v) is 7.26. The van der Waals surface area contributed by atoms with Crippen molar-refractivity contribution in [2.45, 2.75) is 32.2 Å². The van der Waals surface area contributed by atoms with Crippen molar-refractivity contribution in [1.29, 1.82) is 0 Å². The van der Waals surface area contributed by atoms with Crippen LogP contribution in [0.25, 0.3) is 6.08 Å². The summed E-state index contributed by atoms with van der Waals surface area (Å²) in [4.78, 5) is 2.59. The van der Waals surface area contributed by atoms with Gasteiger partial charge in [-0.1, -0.05) is 24.8 Å². The summed E-state index contributed by atoms with van der Waals surface area (Å²) in [5.74, 6) is 1.74. The van der Waals surface area contributed by atoms with Gasteiger partial charge in [0.2, 0.25) is 0 Å². The van der Waals surface area contributed by atoms with Crippen LogP contribution in [0.3, 0.4) is 0 Å². The molecule has 1 aromatic carbocycles. The van der Waals surface area contributed by atoms with Crippen molar-refractivity contribution in [1.82, 2.24) is 10.2 Å². The molecule has 3 aliphatic heterocycles. The van der Waals surface area contributed by atoms with Gasteiger partial charge in [-0.3, -0.25) is 4.90 Å². The first-order chi connectivity index (χ1) is 11.2. The minimum Gasteiger partial charge on any atom is -0.457 e. The Bertz CT molecular complexity index is 619. The predicted molar refractivity (Wildman–Crippen MR) is 94.3 cm³/mol. The Hall–Kier alpha value is -1.58. The third kappa shape index (κ3) is 3.08. The normalized spacial score (nSPS) is 23.6. The van der Waals surface area contributed by atoms with Gasteiger partial charge in [0.25, 0.3) is 0 Å². The average molecular weight is 310 g/mol. The molecule has 3 heteroatoms. The summed E-state index contributed by atoms with van der Waals surface area (Å²) >= 11 is 0.